The molecule has 25 heavy (non-hydrogen) atoms. The summed E-state index contributed by atoms with van der Waals surface area (Å²) in [6.45, 7) is 0. The second kappa shape index (κ2) is 7.11. The van der Waals surface area contributed by atoms with Crippen molar-refractivity contribution in [2.45, 2.75) is 31.0 Å². The first-order chi connectivity index (χ1) is 11.8. The highest BCUT2D eigenvalue weighted by molar-refractivity contribution is 7.92. The van der Waals surface area contributed by atoms with E-state index in [2.05, 4.69) is 10.0 Å². The first kappa shape index (κ1) is 17.8. The molecule has 0 aromatic heterocycles. The van der Waals surface area contributed by atoms with Crippen LogP contribution in [0.1, 0.15) is 36.1 Å². The largest absolute Gasteiger partial charge is 0.387 e. The van der Waals surface area contributed by atoms with Crippen molar-refractivity contribution in [3.63, 3.8) is 0 Å². The van der Waals surface area contributed by atoms with E-state index in [4.69, 9.17) is 0 Å². The van der Waals surface area contributed by atoms with Gasteiger partial charge in [0.15, 0.2) is 0 Å². The topological polar surface area (TPSA) is 78.4 Å². The number of rotatable bonds is 5. The fourth-order valence-corrected chi connectivity index (χ4v) is 3.79. The van der Waals surface area contributed by atoms with Gasteiger partial charge in [-0.25, -0.2) is 12.8 Å². The molecule has 1 aliphatic heterocycles. The van der Waals surface area contributed by atoms with E-state index >= 15 is 0 Å². The molecule has 0 bridgehead atoms. The monoisotopic (exact) mass is 364 g/mol. The molecular formula is C18H21FN2O3S. The third kappa shape index (κ3) is 4.56. The van der Waals surface area contributed by atoms with E-state index in [0.29, 0.717) is 11.3 Å². The molecule has 134 valence electrons. The Morgan fingerprint density at radius 3 is 2.68 bits per heavy atom. The van der Waals surface area contributed by atoms with Crippen LogP contribution in [0.3, 0.4) is 0 Å². The number of aliphatic hydroxyl groups excluding tert-OH is 1. The molecule has 0 saturated carbocycles. The second-order valence-electron chi connectivity index (χ2n) is 6.40. The maximum atomic E-state index is 13.3. The maximum absolute atomic E-state index is 13.3. The van der Waals surface area contributed by atoms with Crippen LogP contribution in [0.5, 0.6) is 0 Å². The van der Waals surface area contributed by atoms with Gasteiger partial charge >= 0.3 is 0 Å². The SMILES string of the molecule is CS(=O)(=O)Nc1cccc([C@@H]2CC[C@H]([C@H](O)c3cccc(F)c3)N2)c1. The third-order valence-electron chi connectivity index (χ3n) is 4.35. The van der Waals surface area contributed by atoms with E-state index in [1.54, 1.807) is 30.3 Å². The molecule has 0 radical (unpaired) electrons. The number of hydrogen-bond acceptors (Lipinski definition) is 4. The molecular weight excluding hydrogens is 343 g/mol. The van der Waals surface area contributed by atoms with Crippen molar-refractivity contribution in [1.82, 2.24) is 5.32 Å². The fourth-order valence-electron chi connectivity index (χ4n) is 3.24. The van der Waals surface area contributed by atoms with Gasteiger partial charge in [0, 0.05) is 17.8 Å². The molecule has 0 aliphatic carbocycles. The summed E-state index contributed by atoms with van der Waals surface area (Å²) in [6, 6.07) is 13.0. The van der Waals surface area contributed by atoms with E-state index in [0.717, 1.165) is 24.7 Å². The summed E-state index contributed by atoms with van der Waals surface area (Å²) in [5.74, 6) is -0.370. The average molecular weight is 364 g/mol. The normalized spacial score (nSPS) is 21.9. The summed E-state index contributed by atoms with van der Waals surface area (Å²) >= 11 is 0. The van der Waals surface area contributed by atoms with Gasteiger partial charge in [0.2, 0.25) is 10.0 Å². The van der Waals surface area contributed by atoms with Gasteiger partial charge in [-0.3, -0.25) is 4.72 Å². The Hall–Kier alpha value is -1.96. The lowest BCUT2D eigenvalue weighted by atomic mass is 10.0. The average Bonchev–Trinajstić information content (AvgIpc) is 3.03. The molecule has 1 aliphatic rings. The predicted octanol–water partition coefficient (Wildman–Crippen LogP) is 2.72. The van der Waals surface area contributed by atoms with Crippen LogP contribution in [-0.4, -0.2) is 25.8 Å². The highest BCUT2D eigenvalue weighted by Gasteiger charge is 2.31. The van der Waals surface area contributed by atoms with Gasteiger partial charge in [0.05, 0.1) is 12.4 Å². The molecule has 1 heterocycles. The van der Waals surface area contributed by atoms with Gasteiger partial charge in [-0.1, -0.05) is 24.3 Å². The molecule has 3 N–H and O–H groups in total. The lowest BCUT2D eigenvalue weighted by molar-refractivity contribution is 0.135. The number of benzene rings is 2. The molecule has 0 unspecified atom stereocenters. The zero-order valence-corrected chi connectivity index (χ0v) is 14.6. The van der Waals surface area contributed by atoms with Gasteiger partial charge in [0.25, 0.3) is 0 Å². The zero-order chi connectivity index (χ0) is 18.0. The first-order valence-corrected chi connectivity index (χ1v) is 9.98. The highest BCUT2D eigenvalue weighted by atomic mass is 32.2. The van der Waals surface area contributed by atoms with Gasteiger partial charge in [-0.2, -0.15) is 0 Å². The van der Waals surface area contributed by atoms with Crippen molar-refractivity contribution >= 4 is 15.7 Å². The Kier molecular flexibility index (Phi) is 5.08. The van der Waals surface area contributed by atoms with Crippen LogP contribution < -0.4 is 10.0 Å². The van der Waals surface area contributed by atoms with E-state index in [-0.39, 0.29) is 17.9 Å². The number of nitrogens with one attached hydrogen (secondary N) is 2. The molecule has 0 spiro atoms. The van der Waals surface area contributed by atoms with Gasteiger partial charge in [0.1, 0.15) is 5.82 Å². The van der Waals surface area contributed by atoms with Crippen molar-refractivity contribution in [2.75, 3.05) is 11.0 Å². The number of aliphatic hydroxyl groups is 1. The summed E-state index contributed by atoms with van der Waals surface area (Å²) < 4.78 is 38.5. The molecule has 3 rings (SSSR count). The van der Waals surface area contributed by atoms with E-state index in [1.165, 1.54) is 12.1 Å². The molecule has 3 atom stereocenters. The van der Waals surface area contributed by atoms with Crippen molar-refractivity contribution in [3.8, 4) is 0 Å². The number of anilines is 1. The smallest absolute Gasteiger partial charge is 0.229 e. The van der Waals surface area contributed by atoms with Gasteiger partial charge in [-0.15, -0.1) is 0 Å². The highest BCUT2D eigenvalue weighted by Crippen LogP contribution is 2.33. The quantitative estimate of drug-likeness (QED) is 0.762. The molecule has 1 fully saturated rings. The van der Waals surface area contributed by atoms with Crippen LogP contribution in [0.4, 0.5) is 10.1 Å². The third-order valence-corrected chi connectivity index (χ3v) is 4.95. The summed E-state index contributed by atoms with van der Waals surface area (Å²) in [6.07, 6.45) is 1.86. The van der Waals surface area contributed by atoms with Crippen LogP contribution in [-0.2, 0) is 10.0 Å². The summed E-state index contributed by atoms with van der Waals surface area (Å²) in [5.41, 5.74) is 2.00. The summed E-state index contributed by atoms with van der Waals surface area (Å²) in [7, 11) is -3.33. The zero-order valence-electron chi connectivity index (χ0n) is 13.8. The second-order valence-corrected chi connectivity index (χ2v) is 8.15. The standard InChI is InChI=1S/C18H21FN2O3S/c1-25(23,24)21-15-7-3-4-12(11-15)16-8-9-17(20-16)18(22)13-5-2-6-14(19)10-13/h2-7,10-11,16-18,20-22H,8-9H2,1H3/t16-,17+,18+/m0/s1. The van der Waals surface area contributed by atoms with Crippen LogP contribution in [0.15, 0.2) is 48.5 Å². The molecule has 5 nitrogen and oxygen atoms in total. The Labute approximate surface area is 146 Å². The number of sulfonamides is 1. The lowest BCUT2D eigenvalue weighted by Crippen LogP contribution is -2.30. The Morgan fingerprint density at radius 1 is 1.20 bits per heavy atom. The van der Waals surface area contributed by atoms with Crippen LogP contribution in [0.25, 0.3) is 0 Å². The minimum Gasteiger partial charge on any atom is -0.387 e. The summed E-state index contributed by atoms with van der Waals surface area (Å²) in [4.78, 5) is 0. The molecule has 0 amide bonds. The van der Waals surface area contributed by atoms with Crippen molar-refractivity contribution in [2.24, 2.45) is 0 Å². The van der Waals surface area contributed by atoms with E-state index in [1.807, 2.05) is 6.07 Å². The van der Waals surface area contributed by atoms with Crippen molar-refractivity contribution < 1.29 is 17.9 Å². The van der Waals surface area contributed by atoms with E-state index in [9.17, 15) is 17.9 Å². The maximum Gasteiger partial charge on any atom is 0.229 e. The number of hydrogen-bond donors (Lipinski definition) is 3. The molecule has 1 saturated heterocycles. The van der Waals surface area contributed by atoms with Crippen LogP contribution >= 0.6 is 0 Å². The molecule has 2 aromatic carbocycles. The number of halogens is 1. The van der Waals surface area contributed by atoms with Crippen molar-refractivity contribution in [3.05, 3.63) is 65.5 Å². The Bertz CT molecular complexity index is 857. The van der Waals surface area contributed by atoms with Gasteiger partial charge < -0.3 is 10.4 Å². The minimum absolute atomic E-state index is 0.00881. The van der Waals surface area contributed by atoms with Crippen molar-refractivity contribution in [1.29, 1.82) is 0 Å². The van der Waals surface area contributed by atoms with Crippen LogP contribution in [0.2, 0.25) is 0 Å². The lowest BCUT2D eigenvalue weighted by Gasteiger charge is -2.21. The fraction of sp³-hybridized carbons (Fsp3) is 0.333. The molecule has 2 aromatic rings. The molecule has 7 heteroatoms. The van der Waals surface area contributed by atoms with Crippen LogP contribution in [0, 0.1) is 5.82 Å². The minimum atomic E-state index is -3.33. The summed E-state index contributed by atoms with van der Waals surface area (Å²) in [5, 5.41) is 13.9. The Balaban J connectivity index is 1.71. The Morgan fingerprint density at radius 2 is 1.96 bits per heavy atom. The van der Waals surface area contributed by atoms with Gasteiger partial charge in [-0.05, 0) is 48.2 Å². The predicted molar refractivity (Wildman–Crippen MR) is 95.2 cm³/mol. The van der Waals surface area contributed by atoms with E-state index < -0.39 is 16.1 Å². The first-order valence-electron chi connectivity index (χ1n) is 8.09.